The lowest BCUT2D eigenvalue weighted by molar-refractivity contribution is -0.137. The number of carbonyl (C=O) groups is 1. The third kappa shape index (κ3) is 4.37. The number of carbonyl (C=O) groups excluding carboxylic acids is 1. The molecule has 0 fully saturated rings. The zero-order valence-corrected chi connectivity index (χ0v) is 17.4. The summed E-state index contributed by atoms with van der Waals surface area (Å²) in [5, 5.41) is 12.5. The summed E-state index contributed by atoms with van der Waals surface area (Å²) in [5.41, 5.74) is 1.17. The van der Waals surface area contributed by atoms with E-state index in [4.69, 9.17) is 0 Å². The summed E-state index contributed by atoms with van der Waals surface area (Å²) in [4.78, 5) is 23.6. The number of allylic oxidation sites excluding steroid dienone is 2. The number of aromatic hydroxyl groups is 1. The van der Waals surface area contributed by atoms with Crippen LogP contribution in [0.3, 0.4) is 0 Å². The SMILES string of the molecule is C[C@@H]1CN2C=C(c3ccncc3)C=C(C(=O)N[C@H](C)c3cc(O)cc(C(F)(F)F)c3)C2=N1. The molecule has 0 radical (unpaired) electrons. The molecule has 0 spiro atoms. The fourth-order valence-electron chi connectivity index (χ4n) is 3.73. The summed E-state index contributed by atoms with van der Waals surface area (Å²) >= 11 is 0. The Kier molecular flexibility index (Phi) is 5.50. The lowest BCUT2D eigenvalue weighted by Gasteiger charge is -2.25. The molecule has 0 unspecified atom stereocenters. The van der Waals surface area contributed by atoms with E-state index in [1.165, 1.54) is 6.07 Å². The second-order valence-electron chi connectivity index (χ2n) is 7.84. The molecular weight excluding hydrogens is 421 g/mol. The van der Waals surface area contributed by atoms with E-state index in [2.05, 4.69) is 15.3 Å². The van der Waals surface area contributed by atoms with Gasteiger partial charge in [-0.2, -0.15) is 13.2 Å². The van der Waals surface area contributed by atoms with Gasteiger partial charge in [0.2, 0.25) is 0 Å². The predicted octanol–water partition coefficient (Wildman–Crippen LogP) is 4.07. The molecule has 2 aromatic rings. The zero-order valence-electron chi connectivity index (χ0n) is 17.4. The van der Waals surface area contributed by atoms with Gasteiger partial charge < -0.3 is 15.3 Å². The first-order valence-corrected chi connectivity index (χ1v) is 10.0. The predicted molar refractivity (Wildman–Crippen MR) is 114 cm³/mol. The van der Waals surface area contributed by atoms with Gasteiger partial charge in [-0.1, -0.05) is 0 Å². The summed E-state index contributed by atoms with van der Waals surface area (Å²) in [6.07, 6.45) is 2.34. The standard InChI is InChI=1S/C23H21F3N4O2/c1-13-11-30-12-17(15-3-5-27-6-4-15)9-20(21(30)28-13)22(32)29-14(2)16-7-18(23(24,25)26)10-19(31)8-16/h3-10,12-14,31H,11H2,1-2H3,(H,29,32)/t13-,14-/m1/s1. The van der Waals surface area contributed by atoms with Gasteiger partial charge in [-0.25, -0.2) is 0 Å². The number of phenols is 1. The van der Waals surface area contributed by atoms with Crippen molar-refractivity contribution in [1.29, 1.82) is 0 Å². The van der Waals surface area contributed by atoms with Gasteiger partial charge in [0.25, 0.3) is 5.91 Å². The highest BCUT2D eigenvalue weighted by Crippen LogP contribution is 2.34. The number of hydrogen-bond donors (Lipinski definition) is 2. The number of fused-ring (bicyclic) bond motifs is 1. The number of nitrogens with zero attached hydrogens (tertiary/aromatic N) is 3. The Balaban J connectivity index is 1.63. The van der Waals surface area contributed by atoms with Crippen LogP contribution >= 0.6 is 0 Å². The molecule has 0 saturated carbocycles. The highest BCUT2D eigenvalue weighted by Gasteiger charge is 2.33. The second kappa shape index (κ2) is 8.14. The first kappa shape index (κ1) is 21.6. The summed E-state index contributed by atoms with van der Waals surface area (Å²) in [6.45, 7) is 4.12. The lowest BCUT2D eigenvalue weighted by Crippen LogP contribution is -2.36. The Morgan fingerprint density at radius 3 is 2.66 bits per heavy atom. The van der Waals surface area contributed by atoms with Crippen LogP contribution in [0.5, 0.6) is 5.75 Å². The van der Waals surface area contributed by atoms with E-state index in [1.54, 1.807) is 25.4 Å². The number of alkyl halides is 3. The van der Waals surface area contributed by atoms with Gasteiger partial charge in [-0.15, -0.1) is 0 Å². The maximum atomic E-state index is 13.2. The molecule has 6 nitrogen and oxygen atoms in total. The van der Waals surface area contributed by atoms with Crippen molar-refractivity contribution < 1.29 is 23.1 Å². The van der Waals surface area contributed by atoms with Crippen molar-refractivity contribution in [1.82, 2.24) is 15.2 Å². The molecular formula is C23H21F3N4O2. The van der Waals surface area contributed by atoms with Crippen molar-refractivity contribution in [3.05, 3.63) is 77.3 Å². The van der Waals surface area contributed by atoms with Gasteiger partial charge in [0.1, 0.15) is 11.6 Å². The van der Waals surface area contributed by atoms with Crippen LogP contribution in [0.2, 0.25) is 0 Å². The molecule has 3 heterocycles. The molecule has 2 aliphatic heterocycles. The zero-order chi connectivity index (χ0) is 23.0. The van der Waals surface area contributed by atoms with Gasteiger partial charge in [-0.05, 0) is 67.0 Å². The third-order valence-corrected chi connectivity index (χ3v) is 5.28. The number of amidine groups is 1. The van der Waals surface area contributed by atoms with Gasteiger partial charge in [0.15, 0.2) is 0 Å². The number of pyridine rings is 1. The molecule has 166 valence electrons. The van der Waals surface area contributed by atoms with Crippen LogP contribution in [0.1, 0.15) is 36.6 Å². The van der Waals surface area contributed by atoms with Crippen LogP contribution < -0.4 is 5.32 Å². The van der Waals surface area contributed by atoms with E-state index in [1.807, 2.05) is 30.2 Å². The van der Waals surface area contributed by atoms with E-state index in [-0.39, 0.29) is 11.6 Å². The van der Waals surface area contributed by atoms with Gasteiger partial charge >= 0.3 is 6.18 Å². The molecule has 1 aromatic heterocycles. The van der Waals surface area contributed by atoms with E-state index < -0.39 is 29.4 Å². The average molecular weight is 442 g/mol. The van der Waals surface area contributed by atoms with Gasteiger partial charge in [0.05, 0.1) is 23.2 Å². The Hall–Kier alpha value is -3.62. The molecule has 1 amide bonds. The van der Waals surface area contributed by atoms with Crippen LogP contribution in [0.15, 0.2) is 65.6 Å². The van der Waals surface area contributed by atoms with Crippen LogP contribution in [0.25, 0.3) is 5.57 Å². The number of amides is 1. The van der Waals surface area contributed by atoms with E-state index in [0.29, 0.717) is 24.0 Å². The van der Waals surface area contributed by atoms with E-state index in [9.17, 15) is 23.1 Å². The molecule has 0 saturated heterocycles. The van der Waals surface area contributed by atoms with Crippen molar-refractivity contribution in [2.24, 2.45) is 4.99 Å². The quantitative estimate of drug-likeness (QED) is 0.749. The average Bonchev–Trinajstić information content (AvgIpc) is 3.12. The number of benzene rings is 1. The molecule has 2 N–H and O–H groups in total. The first-order chi connectivity index (χ1) is 15.1. The fraction of sp³-hybridized carbons (Fsp3) is 0.261. The van der Waals surface area contributed by atoms with Crippen molar-refractivity contribution in [3.8, 4) is 5.75 Å². The van der Waals surface area contributed by atoms with Crippen LogP contribution in [0.4, 0.5) is 13.2 Å². The normalized spacial score (nSPS) is 19.0. The Bertz CT molecular complexity index is 1140. The number of nitrogens with one attached hydrogen (secondary N) is 1. The minimum Gasteiger partial charge on any atom is -0.508 e. The van der Waals surface area contributed by atoms with Gasteiger partial charge in [0, 0.05) is 25.1 Å². The second-order valence-corrected chi connectivity index (χ2v) is 7.84. The minimum absolute atomic E-state index is 0.00734. The highest BCUT2D eigenvalue weighted by atomic mass is 19.4. The summed E-state index contributed by atoms with van der Waals surface area (Å²) < 4.78 is 39.3. The number of hydrogen-bond acceptors (Lipinski definition) is 5. The van der Waals surface area contributed by atoms with Gasteiger partial charge in [-0.3, -0.25) is 14.8 Å². The summed E-state index contributed by atoms with van der Waals surface area (Å²) in [6, 6.07) is 5.65. The van der Waals surface area contributed by atoms with Crippen LogP contribution in [-0.2, 0) is 11.0 Å². The number of aliphatic imine (C=N–C) groups is 1. The Labute approximate surface area is 182 Å². The van der Waals surface area contributed by atoms with Crippen molar-refractivity contribution in [2.75, 3.05) is 6.54 Å². The maximum absolute atomic E-state index is 13.2. The van der Waals surface area contributed by atoms with Crippen LogP contribution in [-0.4, -0.2) is 39.3 Å². The van der Waals surface area contributed by atoms with Crippen molar-refractivity contribution >= 4 is 17.3 Å². The lowest BCUT2D eigenvalue weighted by atomic mass is 9.99. The fourth-order valence-corrected chi connectivity index (χ4v) is 3.73. The highest BCUT2D eigenvalue weighted by molar-refractivity contribution is 6.24. The molecule has 32 heavy (non-hydrogen) atoms. The Morgan fingerprint density at radius 2 is 1.97 bits per heavy atom. The summed E-state index contributed by atoms with van der Waals surface area (Å²) in [7, 11) is 0. The smallest absolute Gasteiger partial charge is 0.416 e. The van der Waals surface area contributed by atoms with Crippen molar-refractivity contribution in [3.63, 3.8) is 0 Å². The largest absolute Gasteiger partial charge is 0.508 e. The molecule has 1 aromatic carbocycles. The third-order valence-electron chi connectivity index (χ3n) is 5.28. The maximum Gasteiger partial charge on any atom is 0.416 e. The molecule has 0 bridgehead atoms. The molecule has 2 atom stereocenters. The molecule has 0 aliphatic carbocycles. The van der Waals surface area contributed by atoms with E-state index in [0.717, 1.165) is 17.2 Å². The molecule has 9 heteroatoms. The number of rotatable bonds is 4. The van der Waals surface area contributed by atoms with E-state index >= 15 is 0 Å². The number of halogens is 3. The molecule has 4 rings (SSSR count). The topological polar surface area (TPSA) is 77.8 Å². The van der Waals surface area contributed by atoms with Crippen LogP contribution in [0, 0.1) is 0 Å². The number of phenolic OH excluding ortho intramolecular Hbond substituents is 1. The first-order valence-electron chi connectivity index (χ1n) is 10.0. The monoisotopic (exact) mass is 442 g/mol. The summed E-state index contributed by atoms with van der Waals surface area (Å²) in [5.74, 6) is -0.463. The molecule has 2 aliphatic rings. The number of aromatic nitrogens is 1. The van der Waals surface area contributed by atoms with Crippen molar-refractivity contribution in [2.45, 2.75) is 32.1 Å². The Morgan fingerprint density at radius 1 is 1.25 bits per heavy atom. The minimum atomic E-state index is -4.61.